The van der Waals surface area contributed by atoms with Crippen molar-refractivity contribution >= 4 is 17.5 Å². The summed E-state index contributed by atoms with van der Waals surface area (Å²) in [5.74, 6) is -0.795. The highest BCUT2D eigenvalue weighted by atomic mass is 16.5. The molecule has 2 N–H and O–H groups in total. The molecule has 26 heavy (non-hydrogen) atoms. The van der Waals surface area contributed by atoms with Crippen LogP contribution in [0.2, 0.25) is 0 Å². The van der Waals surface area contributed by atoms with E-state index in [1.165, 1.54) is 0 Å². The van der Waals surface area contributed by atoms with Crippen LogP contribution in [-0.4, -0.2) is 22.0 Å². The molecule has 0 spiro atoms. The Labute approximate surface area is 150 Å². The van der Waals surface area contributed by atoms with Crippen molar-refractivity contribution in [2.75, 3.05) is 5.32 Å². The summed E-state index contributed by atoms with van der Waals surface area (Å²) in [6.07, 6.45) is -0.0834. The van der Waals surface area contributed by atoms with Gasteiger partial charge >= 0.3 is 11.8 Å². The molecule has 0 saturated carbocycles. The maximum Gasteiger partial charge on any atom is 0.315 e. The van der Waals surface area contributed by atoms with E-state index in [1.54, 1.807) is 12.1 Å². The second-order valence-electron chi connectivity index (χ2n) is 5.71. The zero-order chi connectivity index (χ0) is 18.4. The number of amides is 2. The van der Waals surface area contributed by atoms with Crippen LogP contribution in [0.5, 0.6) is 0 Å². The standard InChI is InChI=1S/C19H18N4O3/c1-13(14-8-4-2-5-9-14)20-18(25)19-22-16(23-26-19)12-17(24)21-15-10-6-3-7-11-15/h2-11,13H,12H2,1H3,(H,20,25)(H,21,24)/t13-/m0/s1. The van der Waals surface area contributed by atoms with Crippen LogP contribution in [-0.2, 0) is 11.2 Å². The maximum absolute atomic E-state index is 12.2. The molecular formula is C19H18N4O3. The Morgan fingerprint density at radius 3 is 2.38 bits per heavy atom. The quantitative estimate of drug-likeness (QED) is 0.712. The van der Waals surface area contributed by atoms with Crippen molar-refractivity contribution in [1.82, 2.24) is 15.5 Å². The number of hydrogen-bond donors (Lipinski definition) is 2. The molecule has 0 bridgehead atoms. The summed E-state index contributed by atoms with van der Waals surface area (Å²) < 4.78 is 4.96. The monoisotopic (exact) mass is 350 g/mol. The van der Waals surface area contributed by atoms with Crippen molar-refractivity contribution in [2.24, 2.45) is 0 Å². The maximum atomic E-state index is 12.2. The Bertz CT molecular complexity index is 878. The predicted molar refractivity (Wildman–Crippen MR) is 95.4 cm³/mol. The molecule has 3 aromatic rings. The molecule has 0 radical (unpaired) electrons. The number of nitrogens with one attached hydrogen (secondary N) is 2. The lowest BCUT2D eigenvalue weighted by Gasteiger charge is -2.12. The van der Waals surface area contributed by atoms with Crippen molar-refractivity contribution in [3.05, 3.63) is 77.9 Å². The summed E-state index contributed by atoms with van der Waals surface area (Å²) in [6.45, 7) is 1.86. The molecule has 0 aliphatic heterocycles. The summed E-state index contributed by atoms with van der Waals surface area (Å²) in [7, 11) is 0. The molecule has 0 fully saturated rings. The molecule has 132 valence electrons. The van der Waals surface area contributed by atoms with E-state index in [9.17, 15) is 9.59 Å². The van der Waals surface area contributed by atoms with Gasteiger partial charge in [0.1, 0.15) is 0 Å². The molecule has 1 heterocycles. The third-order valence-electron chi connectivity index (χ3n) is 3.69. The van der Waals surface area contributed by atoms with E-state index < -0.39 is 5.91 Å². The summed E-state index contributed by atoms with van der Waals surface area (Å²) in [5.41, 5.74) is 1.64. The molecule has 2 aromatic carbocycles. The van der Waals surface area contributed by atoms with E-state index in [2.05, 4.69) is 20.8 Å². The molecule has 1 aromatic heterocycles. The fraction of sp³-hybridized carbons (Fsp3) is 0.158. The van der Waals surface area contributed by atoms with Gasteiger partial charge in [-0.2, -0.15) is 4.98 Å². The van der Waals surface area contributed by atoms with Gasteiger partial charge in [0.2, 0.25) is 5.91 Å². The molecule has 0 aliphatic carbocycles. The first-order valence-electron chi connectivity index (χ1n) is 8.15. The van der Waals surface area contributed by atoms with E-state index in [-0.39, 0.29) is 30.1 Å². The summed E-state index contributed by atoms with van der Waals surface area (Å²) in [6, 6.07) is 18.4. The van der Waals surface area contributed by atoms with Gasteiger partial charge in [-0.25, -0.2) is 0 Å². The Morgan fingerprint density at radius 1 is 1.04 bits per heavy atom. The third kappa shape index (κ3) is 4.54. The first kappa shape index (κ1) is 17.3. The van der Waals surface area contributed by atoms with Gasteiger partial charge in [-0.05, 0) is 24.6 Å². The van der Waals surface area contributed by atoms with Gasteiger partial charge in [-0.1, -0.05) is 53.7 Å². The topological polar surface area (TPSA) is 97.1 Å². The van der Waals surface area contributed by atoms with E-state index in [4.69, 9.17) is 4.52 Å². The molecule has 7 heteroatoms. The molecule has 2 amide bonds. The lowest BCUT2D eigenvalue weighted by molar-refractivity contribution is -0.115. The van der Waals surface area contributed by atoms with E-state index in [0.717, 1.165) is 5.56 Å². The predicted octanol–water partition coefficient (Wildman–Crippen LogP) is 2.74. The Kier molecular flexibility index (Phi) is 5.38. The van der Waals surface area contributed by atoms with Crippen LogP contribution in [0.25, 0.3) is 0 Å². The number of nitrogens with zero attached hydrogens (tertiary/aromatic N) is 2. The van der Waals surface area contributed by atoms with E-state index in [0.29, 0.717) is 5.69 Å². The Hall–Kier alpha value is -3.48. The summed E-state index contributed by atoms with van der Waals surface area (Å²) in [4.78, 5) is 28.2. The van der Waals surface area contributed by atoms with Gasteiger partial charge in [-0.15, -0.1) is 0 Å². The van der Waals surface area contributed by atoms with Crippen molar-refractivity contribution in [3.8, 4) is 0 Å². The molecule has 0 unspecified atom stereocenters. The normalized spacial score (nSPS) is 11.6. The van der Waals surface area contributed by atoms with Crippen LogP contribution < -0.4 is 10.6 Å². The number of para-hydroxylation sites is 1. The minimum atomic E-state index is -0.483. The van der Waals surface area contributed by atoms with Gasteiger partial charge in [0, 0.05) is 5.69 Å². The molecular weight excluding hydrogens is 332 g/mol. The first-order valence-corrected chi connectivity index (χ1v) is 8.15. The van der Waals surface area contributed by atoms with Gasteiger partial charge in [0.05, 0.1) is 12.5 Å². The van der Waals surface area contributed by atoms with Crippen molar-refractivity contribution in [3.63, 3.8) is 0 Å². The van der Waals surface area contributed by atoms with Crippen LogP contribution in [0.4, 0.5) is 5.69 Å². The fourth-order valence-corrected chi connectivity index (χ4v) is 2.37. The highest BCUT2D eigenvalue weighted by Crippen LogP contribution is 2.12. The zero-order valence-corrected chi connectivity index (χ0v) is 14.2. The van der Waals surface area contributed by atoms with Crippen LogP contribution in [0.3, 0.4) is 0 Å². The lowest BCUT2D eigenvalue weighted by atomic mass is 10.1. The lowest BCUT2D eigenvalue weighted by Crippen LogP contribution is -2.27. The largest absolute Gasteiger partial charge is 0.341 e. The van der Waals surface area contributed by atoms with Crippen molar-refractivity contribution < 1.29 is 14.1 Å². The molecule has 1 atom stereocenters. The molecule has 0 saturated heterocycles. The van der Waals surface area contributed by atoms with Gasteiger partial charge in [0.15, 0.2) is 5.82 Å². The number of carbonyl (C=O) groups is 2. The Morgan fingerprint density at radius 2 is 1.69 bits per heavy atom. The van der Waals surface area contributed by atoms with Crippen molar-refractivity contribution in [1.29, 1.82) is 0 Å². The number of anilines is 1. The first-order chi connectivity index (χ1) is 12.6. The highest BCUT2D eigenvalue weighted by Gasteiger charge is 2.19. The van der Waals surface area contributed by atoms with Crippen LogP contribution in [0.15, 0.2) is 65.2 Å². The number of benzene rings is 2. The van der Waals surface area contributed by atoms with Gasteiger partial charge in [0.25, 0.3) is 0 Å². The smallest absolute Gasteiger partial charge is 0.315 e. The minimum absolute atomic E-state index is 0.0834. The van der Waals surface area contributed by atoms with Gasteiger partial charge in [-0.3, -0.25) is 9.59 Å². The highest BCUT2D eigenvalue weighted by molar-refractivity contribution is 5.92. The van der Waals surface area contributed by atoms with Gasteiger partial charge < -0.3 is 15.2 Å². The second kappa shape index (κ2) is 8.06. The SMILES string of the molecule is C[C@H](NC(=O)c1nc(CC(=O)Nc2ccccc2)no1)c1ccccc1. The average Bonchev–Trinajstić information content (AvgIpc) is 3.11. The number of rotatable bonds is 6. The Balaban J connectivity index is 1.57. The number of carbonyl (C=O) groups excluding carboxylic acids is 2. The third-order valence-corrected chi connectivity index (χ3v) is 3.69. The summed E-state index contributed by atoms with van der Waals surface area (Å²) in [5, 5.41) is 9.20. The fourth-order valence-electron chi connectivity index (χ4n) is 2.37. The molecule has 0 aliphatic rings. The summed E-state index contributed by atoms with van der Waals surface area (Å²) >= 11 is 0. The average molecular weight is 350 g/mol. The molecule has 7 nitrogen and oxygen atoms in total. The zero-order valence-electron chi connectivity index (χ0n) is 14.2. The molecule has 3 rings (SSSR count). The van der Waals surface area contributed by atoms with E-state index in [1.807, 2.05) is 55.5 Å². The number of hydrogen-bond acceptors (Lipinski definition) is 5. The van der Waals surface area contributed by atoms with E-state index >= 15 is 0 Å². The van der Waals surface area contributed by atoms with Crippen LogP contribution >= 0.6 is 0 Å². The minimum Gasteiger partial charge on any atom is -0.341 e. The van der Waals surface area contributed by atoms with Crippen LogP contribution in [0, 0.1) is 0 Å². The number of aromatic nitrogens is 2. The van der Waals surface area contributed by atoms with Crippen LogP contribution in [0.1, 0.15) is 35.0 Å². The van der Waals surface area contributed by atoms with Crippen molar-refractivity contribution in [2.45, 2.75) is 19.4 Å². The second-order valence-corrected chi connectivity index (χ2v) is 5.71.